The minimum absolute atomic E-state index is 0.0158. The van der Waals surface area contributed by atoms with Crippen LogP contribution in [0.1, 0.15) is 81.1 Å². The van der Waals surface area contributed by atoms with Crippen LogP contribution in [0.5, 0.6) is 0 Å². The van der Waals surface area contributed by atoms with Crippen LogP contribution in [0.3, 0.4) is 0 Å². The summed E-state index contributed by atoms with van der Waals surface area (Å²) >= 11 is 0. The molecule has 3 heterocycles. The first-order valence-corrected chi connectivity index (χ1v) is 14.7. The summed E-state index contributed by atoms with van der Waals surface area (Å²) in [6, 6.07) is 0.519. The fraction of sp³-hybridized carbons (Fsp3) is 0.778. The molecule has 0 aromatic carbocycles. The van der Waals surface area contributed by atoms with Crippen molar-refractivity contribution in [2.24, 2.45) is 0 Å². The van der Waals surface area contributed by atoms with E-state index in [1.807, 2.05) is 18.8 Å². The molecule has 0 aromatic rings. The van der Waals surface area contributed by atoms with Gasteiger partial charge in [0.15, 0.2) is 0 Å². The van der Waals surface area contributed by atoms with Crippen LogP contribution in [0.2, 0.25) is 0 Å². The summed E-state index contributed by atoms with van der Waals surface area (Å²) in [5, 5.41) is 0. The Morgan fingerprint density at radius 1 is 0.727 bits per heavy atom. The fourth-order valence-corrected chi connectivity index (χ4v) is 9.89. The van der Waals surface area contributed by atoms with Crippen LogP contribution < -0.4 is 0 Å². The highest BCUT2D eigenvalue weighted by Crippen LogP contribution is 2.61. The molecule has 0 saturated carbocycles. The van der Waals surface area contributed by atoms with Crippen LogP contribution in [0.15, 0.2) is 37.7 Å². The maximum atomic E-state index is 14.5. The van der Waals surface area contributed by atoms with E-state index >= 15 is 0 Å². The van der Waals surface area contributed by atoms with E-state index < -0.39 is 7.44 Å². The van der Waals surface area contributed by atoms with Gasteiger partial charge in [-0.2, -0.15) is 0 Å². The van der Waals surface area contributed by atoms with E-state index in [1.165, 1.54) is 0 Å². The van der Waals surface area contributed by atoms with Crippen molar-refractivity contribution in [2.45, 2.75) is 115 Å². The molecule has 0 atom stereocenters. The molecule has 0 unspecified atom stereocenters. The molecule has 0 spiro atoms. The van der Waals surface area contributed by atoms with E-state index in [0.717, 1.165) is 38.8 Å². The van der Waals surface area contributed by atoms with E-state index in [1.54, 1.807) is 0 Å². The predicted molar refractivity (Wildman–Crippen MR) is 143 cm³/mol. The number of likely N-dealkylation sites (tertiary alicyclic amines) is 2. The summed E-state index contributed by atoms with van der Waals surface area (Å²) in [6.45, 7) is 30.3. The largest absolute Gasteiger partial charge is 0.309 e. The van der Waals surface area contributed by atoms with E-state index in [0.29, 0.717) is 0 Å². The summed E-state index contributed by atoms with van der Waals surface area (Å²) in [7, 11) is -2.72. The second-order valence-electron chi connectivity index (χ2n) is 13.1. The number of hydrogen-bond donors (Lipinski definition) is 0. The molecule has 188 valence electrons. The first-order chi connectivity index (χ1) is 15.0. The molecule has 0 amide bonds. The van der Waals surface area contributed by atoms with Gasteiger partial charge in [0.1, 0.15) is 0 Å². The van der Waals surface area contributed by atoms with E-state index in [4.69, 9.17) is 0 Å². The van der Waals surface area contributed by atoms with Crippen LogP contribution in [-0.2, 0) is 4.57 Å². The molecule has 3 aliphatic rings. The third-order valence-corrected chi connectivity index (χ3v) is 11.1. The normalized spacial score (nSPS) is 29.4. The van der Waals surface area contributed by atoms with Gasteiger partial charge >= 0.3 is 0 Å². The average molecular weight is 477 g/mol. The molecule has 3 aliphatic heterocycles. The van der Waals surface area contributed by atoms with Gasteiger partial charge in [0.2, 0.25) is 0 Å². The first-order valence-electron chi connectivity index (χ1n) is 12.6. The molecule has 6 heteroatoms. The standard InChI is InChI=1S/C27H49N4OP/c1-12-14-30-24(3,4)18-22(19-25(30,5)6)28-16-17-29(33(28,11)32)23-20-26(7,8)31(15-13-2)27(9,10)21-23/h12-13,16-17,22-23H,1-2,14-15,18-21H2,3-11H3. The predicted octanol–water partition coefficient (Wildman–Crippen LogP) is 6.31. The summed E-state index contributed by atoms with van der Waals surface area (Å²) < 4.78 is 18.9. The van der Waals surface area contributed by atoms with Crippen LogP contribution in [0.25, 0.3) is 0 Å². The van der Waals surface area contributed by atoms with Crippen molar-refractivity contribution in [3.63, 3.8) is 0 Å². The first kappa shape index (κ1) is 26.6. The molecule has 2 fully saturated rings. The Morgan fingerprint density at radius 2 is 1.00 bits per heavy atom. The Bertz CT molecular complexity index is 743. The van der Waals surface area contributed by atoms with E-state index in [9.17, 15) is 4.57 Å². The van der Waals surface area contributed by atoms with Crippen molar-refractivity contribution >= 4 is 7.44 Å². The molecule has 5 nitrogen and oxygen atoms in total. The molecule has 33 heavy (non-hydrogen) atoms. The Morgan fingerprint density at radius 3 is 1.24 bits per heavy atom. The van der Waals surface area contributed by atoms with E-state index in [-0.39, 0.29) is 34.2 Å². The maximum absolute atomic E-state index is 14.5. The zero-order valence-corrected chi connectivity index (χ0v) is 23.7. The second kappa shape index (κ2) is 8.57. The summed E-state index contributed by atoms with van der Waals surface area (Å²) in [4.78, 5) is 5.12. The third-order valence-electron chi connectivity index (χ3n) is 8.46. The highest BCUT2D eigenvalue weighted by molar-refractivity contribution is 7.58. The molecule has 2 saturated heterocycles. The van der Waals surface area contributed by atoms with Gasteiger partial charge in [-0.05, 0) is 81.1 Å². The van der Waals surface area contributed by atoms with Gasteiger partial charge in [-0.15, -0.1) is 13.2 Å². The lowest BCUT2D eigenvalue weighted by atomic mass is 9.77. The number of hydrogen-bond acceptors (Lipinski definition) is 3. The van der Waals surface area contributed by atoms with Crippen molar-refractivity contribution < 1.29 is 4.57 Å². The Kier molecular flexibility index (Phi) is 6.90. The maximum Gasteiger partial charge on any atom is 0.259 e. The molecule has 0 bridgehead atoms. The molecular formula is C27H49N4OP. The van der Waals surface area contributed by atoms with Gasteiger partial charge in [0.25, 0.3) is 7.44 Å². The van der Waals surface area contributed by atoms with Crippen molar-refractivity contribution in [2.75, 3.05) is 19.8 Å². The van der Waals surface area contributed by atoms with Crippen LogP contribution in [0, 0.1) is 0 Å². The van der Waals surface area contributed by atoms with Crippen molar-refractivity contribution in [3.05, 3.63) is 37.7 Å². The van der Waals surface area contributed by atoms with Crippen molar-refractivity contribution in [3.8, 4) is 0 Å². The topological polar surface area (TPSA) is 30.0 Å². The van der Waals surface area contributed by atoms with Crippen LogP contribution in [0.4, 0.5) is 0 Å². The van der Waals surface area contributed by atoms with Crippen molar-refractivity contribution in [1.29, 1.82) is 0 Å². The lowest BCUT2D eigenvalue weighted by Crippen LogP contribution is -2.64. The van der Waals surface area contributed by atoms with Crippen molar-refractivity contribution in [1.82, 2.24) is 19.1 Å². The minimum Gasteiger partial charge on any atom is -0.309 e. The lowest BCUT2D eigenvalue weighted by Gasteiger charge is -2.58. The third kappa shape index (κ3) is 4.75. The SMILES string of the molecule is C=CCN1C(C)(C)CC(N2C=CN(C3CC(C)(C)N(CC=C)C(C)(C)C3)P2(C)=O)CC1(C)C. The zero-order valence-electron chi connectivity index (χ0n) is 22.8. The lowest BCUT2D eigenvalue weighted by molar-refractivity contribution is -0.0425. The quantitative estimate of drug-likeness (QED) is 0.331. The van der Waals surface area contributed by atoms with Gasteiger partial charge in [-0.25, -0.2) is 0 Å². The Balaban J connectivity index is 1.84. The molecule has 3 rings (SSSR count). The molecule has 0 aromatic heterocycles. The highest BCUT2D eigenvalue weighted by atomic mass is 31.2. The van der Waals surface area contributed by atoms with Crippen LogP contribution >= 0.6 is 7.44 Å². The fourth-order valence-electron chi connectivity index (χ4n) is 7.50. The van der Waals surface area contributed by atoms with Gasteiger partial charge in [0, 0.05) is 66.4 Å². The number of rotatable bonds is 6. The summed E-state index contributed by atoms with van der Waals surface area (Å²) in [5.41, 5.74) is 0.0630. The molecule has 0 radical (unpaired) electrons. The number of nitrogens with zero attached hydrogens (tertiary/aromatic N) is 4. The minimum atomic E-state index is -2.72. The summed E-state index contributed by atoms with van der Waals surface area (Å²) in [5.74, 6) is 0. The average Bonchev–Trinajstić information content (AvgIpc) is 2.94. The van der Waals surface area contributed by atoms with Gasteiger partial charge < -0.3 is 9.34 Å². The Hall–Kier alpha value is -1.03. The highest BCUT2D eigenvalue weighted by Gasteiger charge is 2.53. The van der Waals surface area contributed by atoms with Gasteiger partial charge in [0.05, 0.1) is 0 Å². The zero-order chi connectivity index (χ0) is 25.0. The monoisotopic (exact) mass is 476 g/mol. The molecular weight excluding hydrogens is 427 g/mol. The molecule has 0 N–H and O–H groups in total. The van der Waals surface area contributed by atoms with Gasteiger partial charge in [-0.1, -0.05) is 12.2 Å². The van der Waals surface area contributed by atoms with Gasteiger partial charge in [-0.3, -0.25) is 14.4 Å². The Labute approximate surface area is 204 Å². The van der Waals surface area contributed by atoms with Crippen LogP contribution in [-0.4, -0.2) is 73.1 Å². The van der Waals surface area contributed by atoms with E-state index in [2.05, 4.69) is 100 Å². The smallest absolute Gasteiger partial charge is 0.259 e. The molecule has 0 aliphatic carbocycles. The summed E-state index contributed by atoms with van der Waals surface area (Å²) in [6.07, 6.45) is 12.3. The second-order valence-corrected chi connectivity index (χ2v) is 15.7. The number of piperidine rings is 2.